The average molecular weight is 300 g/mol. The molecule has 0 aliphatic heterocycles. The highest BCUT2D eigenvalue weighted by molar-refractivity contribution is 6.32. The number of nitrogens with one attached hydrogen (secondary N) is 2. The van der Waals surface area contributed by atoms with Gasteiger partial charge in [0, 0.05) is 12.7 Å². The van der Waals surface area contributed by atoms with Gasteiger partial charge in [-0.3, -0.25) is 0 Å². The van der Waals surface area contributed by atoms with Crippen LogP contribution in [0, 0.1) is 0 Å². The summed E-state index contributed by atoms with van der Waals surface area (Å²) in [6.45, 7) is 0. The van der Waals surface area contributed by atoms with E-state index in [0.717, 1.165) is 5.69 Å². The number of aromatic nitrogens is 3. The van der Waals surface area contributed by atoms with E-state index in [-0.39, 0.29) is 5.28 Å². The Balaban J connectivity index is 2.25. The zero-order chi connectivity index (χ0) is 13.8. The minimum atomic E-state index is 0.0986. The van der Waals surface area contributed by atoms with Gasteiger partial charge in [-0.05, 0) is 29.8 Å². The van der Waals surface area contributed by atoms with Crippen LogP contribution in [-0.4, -0.2) is 29.1 Å². The maximum Gasteiger partial charge on any atom is 0.233 e. The summed E-state index contributed by atoms with van der Waals surface area (Å²) >= 11 is 11.8. The third-order valence-corrected chi connectivity index (χ3v) is 2.70. The molecule has 8 heteroatoms. The maximum absolute atomic E-state index is 6.03. The number of hydrogen-bond donors (Lipinski definition) is 2. The summed E-state index contributed by atoms with van der Waals surface area (Å²) in [5, 5.41) is 6.36. The molecular formula is C11H11Cl2N5O. The lowest BCUT2D eigenvalue weighted by atomic mass is 10.3. The number of nitrogens with zero attached hydrogens (tertiary/aromatic N) is 3. The SMILES string of the molecule is CNc1nc(Cl)nc(Nc2ccc(OC)c(Cl)c2)n1. The van der Waals surface area contributed by atoms with Crippen molar-refractivity contribution in [1.82, 2.24) is 15.0 Å². The molecule has 0 saturated heterocycles. The Hall–Kier alpha value is -1.79. The van der Waals surface area contributed by atoms with Crippen LogP contribution in [0.2, 0.25) is 10.3 Å². The highest BCUT2D eigenvalue weighted by atomic mass is 35.5. The van der Waals surface area contributed by atoms with Gasteiger partial charge in [0.15, 0.2) is 0 Å². The molecule has 0 radical (unpaired) electrons. The number of methoxy groups -OCH3 is 1. The molecule has 0 fully saturated rings. The number of anilines is 3. The van der Waals surface area contributed by atoms with Crippen LogP contribution in [0.3, 0.4) is 0 Å². The number of hydrogen-bond acceptors (Lipinski definition) is 6. The molecule has 0 amide bonds. The molecule has 0 bridgehead atoms. The number of rotatable bonds is 4. The van der Waals surface area contributed by atoms with E-state index in [0.29, 0.717) is 22.7 Å². The van der Waals surface area contributed by atoms with Crippen molar-refractivity contribution in [3.05, 3.63) is 28.5 Å². The Morgan fingerprint density at radius 3 is 2.47 bits per heavy atom. The molecule has 19 heavy (non-hydrogen) atoms. The summed E-state index contributed by atoms with van der Waals surface area (Å²) < 4.78 is 5.07. The Labute approximate surface area is 120 Å². The van der Waals surface area contributed by atoms with Gasteiger partial charge < -0.3 is 15.4 Å². The molecule has 2 N–H and O–H groups in total. The molecule has 2 aromatic rings. The second-order valence-electron chi connectivity index (χ2n) is 3.48. The van der Waals surface area contributed by atoms with Crippen LogP contribution in [0.25, 0.3) is 0 Å². The first-order valence-electron chi connectivity index (χ1n) is 5.32. The summed E-state index contributed by atoms with van der Waals surface area (Å²) in [6.07, 6.45) is 0. The lowest BCUT2D eigenvalue weighted by Gasteiger charge is -2.08. The molecule has 0 aliphatic carbocycles. The Morgan fingerprint density at radius 2 is 1.84 bits per heavy atom. The predicted molar refractivity (Wildman–Crippen MR) is 75.7 cm³/mol. The Kier molecular flexibility index (Phi) is 4.24. The quantitative estimate of drug-likeness (QED) is 0.904. The van der Waals surface area contributed by atoms with E-state index in [1.807, 2.05) is 0 Å². The van der Waals surface area contributed by atoms with Crippen molar-refractivity contribution in [1.29, 1.82) is 0 Å². The largest absolute Gasteiger partial charge is 0.495 e. The molecule has 6 nitrogen and oxygen atoms in total. The van der Waals surface area contributed by atoms with E-state index in [1.165, 1.54) is 0 Å². The fraction of sp³-hybridized carbons (Fsp3) is 0.182. The first-order chi connectivity index (χ1) is 9.12. The molecule has 0 spiro atoms. The van der Waals surface area contributed by atoms with Crippen molar-refractivity contribution in [2.24, 2.45) is 0 Å². The molecule has 1 aromatic carbocycles. The van der Waals surface area contributed by atoms with E-state index < -0.39 is 0 Å². The van der Waals surface area contributed by atoms with Crippen molar-refractivity contribution in [3.63, 3.8) is 0 Å². The lowest BCUT2D eigenvalue weighted by molar-refractivity contribution is 0.415. The van der Waals surface area contributed by atoms with Crippen LogP contribution >= 0.6 is 23.2 Å². The lowest BCUT2D eigenvalue weighted by Crippen LogP contribution is -2.03. The molecule has 0 atom stereocenters. The summed E-state index contributed by atoms with van der Waals surface area (Å²) in [7, 11) is 3.25. The van der Waals surface area contributed by atoms with Crippen LogP contribution < -0.4 is 15.4 Å². The number of halogens is 2. The average Bonchev–Trinajstić information content (AvgIpc) is 2.38. The van der Waals surface area contributed by atoms with E-state index in [9.17, 15) is 0 Å². The van der Waals surface area contributed by atoms with Crippen molar-refractivity contribution in [2.75, 3.05) is 24.8 Å². The highest BCUT2D eigenvalue weighted by Crippen LogP contribution is 2.28. The van der Waals surface area contributed by atoms with Gasteiger partial charge in [0.25, 0.3) is 0 Å². The molecule has 1 aromatic heterocycles. The third-order valence-electron chi connectivity index (χ3n) is 2.24. The van der Waals surface area contributed by atoms with Crippen LogP contribution in [0.5, 0.6) is 5.75 Å². The molecule has 0 saturated carbocycles. The Bertz CT molecular complexity index is 593. The van der Waals surface area contributed by atoms with Crippen LogP contribution in [0.15, 0.2) is 18.2 Å². The smallest absolute Gasteiger partial charge is 0.233 e. The minimum Gasteiger partial charge on any atom is -0.495 e. The van der Waals surface area contributed by atoms with Gasteiger partial charge in [-0.2, -0.15) is 15.0 Å². The molecule has 100 valence electrons. The monoisotopic (exact) mass is 299 g/mol. The summed E-state index contributed by atoms with van der Waals surface area (Å²) in [5.41, 5.74) is 0.718. The highest BCUT2D eigenvalue weighted by Gasteiger charge is 2.06. The van der Waals surface area contributed by atoms with Gasteiger partial charge in [-0.1, -0.05) is 11.6 Å². The third kappa shape index (κ3) is 3.36. The van der Waals surface area contributed by atoms with Crippen LogP contribution in [-0.2, 0) is 0 Å². The van der Waals surface area contributed by atoms with Crippen LogP contribution in [0.1, 0.15) is 0 Å². The molecule has 1 heterocycles. The van der Waals surface area contributed by atoms with Gasteiger partial charge in [-0.15, -0.1) is 0 Å². The van der Waals surface area contributed by atoms with E-state index in [1.54, 1.807) is 32.4 Å². The first-order valence-corrected chi connectivity index (χ1v) is 6.08. The fourth-order valence-electron chi connectivity index (χ4n) is 1.39. The number of ether oxygens (including phenoxy) is 1. The summed E-state index contributed by atoms with van der Waals surface area (Å²) in [6, 6.07) is 5.24. The number of benzene rings is 1. The Morgan fingerprint density at radius 1 is 1.11 bits per heavy atom. The van der Waals surface area contributed by atoms with Gasteiger partial charge in [-0.25, -0.2) is 0 Å². The van der Waals surface area contributed by atoms with Crippen molar-refractivity contribution < 1.29 is 4.74 Å². The van der Waals surface area contributed by atoms with E-state index in [4.69, 9.17) is 27.9 Å². The fourth-order valence-corrected chi connectivity index (χ4v) is 1.81. The second-order valence-corrected chi connectivity index (χ2v) is 4.22. The maximum atomic E-state index is 6.03. The second kappa shape index (κ2) is 5.90. The zero-order valence-corrected chi connectivity index (χ0v) is 11.7. The predicted octanol–water partition coefficient (Wildman–Crippen LogP) is 2.97. The normalized spacial score (nSPS) is 10.1. The molecule has 2 rings (SSSR count). The topological polar surface area (TPSA) is 72.0 Å². The van der Waals surface area contributed by atoms with Crippen molar-refractivity contribution in [3.8, 4) is 5.75 Å². The van der Waals surface area contributed by atoms with Gasteiger partial charge in [0.05, 0.1) is 12.1 Å². The zero-order valence-electron chi connectivity index (χ0n) is 10.2. The minimum absolute atomic E-state index is 0.0986. The van der Waals surface area contributed by atoms with Gasteiger partial charge >= 0.3 is 0 Å². The summed E-state index contributed by atoms with van der Waals surface area (Å²) in [5.74, 6) is 1.30. The first kappa shape index (κ1) is 13.6. The van der Waals surface area contributed by atoms with Crippen LogP contribution in [0.4, 0.5) is 17.6 Å². The van der Waals surface area contributed by atoms with Gasteiger partial charge in [0.1, 0.15) is 5.75 Å². The van der Waals surface area contributed by atoms with Crippen molar-refractivity contribution in [2.45, 2.75) is 0 Å². The van der Waals surface area contributed by atoms with E-state index >= 15 is 0 Å². The molecule has 0 aliphatic rings. The standard InChI is InChI=1S/C11H11Cl2N5O/c1-14-10-16-9(13)17-11(18-10)15-6-3-4-8(19-2)7(12)5-6/h3-5H,1-2H3,(H2,14,15,16,17,18). The molecular weight excluding hydrogens is 289 g/mol. The van der Waals surface area contributed by atoms with Crippen molar-refractivity contribution >= 4 is 40.8 Å². The van der Waals surface area contributed by atoms with Gasteiger partial charge in [0.2, 0.25) is 17.2 Å². The molecule has 0 unspecified atom stereocenters. The summed E-state index contributed by atoms with van der Waals surface area (Å²) in [4.78, 5) is 12.0. The van der Waals surface area contributed by atoms with E-state index in [2.05, 4.69) is 25.6 Å².